The number of hydrogen-bond donors (Lipinski definition) is 2. The molecule has 1 unspecified atom stereocenters. The van der Waals surface area contributed by atoms with Crippen LogP contribution < -0.4 is 10.6 Å². The number of anilines is 2. The highest BCUT2D eigenvalue weighted by Gasteiger charge is 2.33. The van der Waals surface area contributed by atoms with Gasteiger partial charge in [-0.1, -0.05) is 29.3 Å². The van der Waals surface area contributed by atoms with Crippen molar-refractivity contribution in [1.82, 2.24) is 0 Å². The van der Waals surface area contributed by atoms with Gasteiger partial charge in [-0.05, 0) is 44.2 Å². The molecule has 0 saturated heterocycles. The maximum Gasteiger partial charge on any atom is 0.417 e. The Kier molecular flexibility index (Phi) is 7.37. The monoisotopic (exact) mass is 430 g/mol. The normalized spacial score (nSPS) is 12.4. The molecule has 0 saturated carbocycles. The number of carbonyl (C=O) groups excluding carboxylic acids is 2. The van der Waals surface area contributed by atoms with Crippen LogP contribution in [-0.2, 0) is 15.8 Å². The molecular formula is C19H18ClF3N2O2S. The van der Waals surface area contributed by atoms with Gasteiger partial charge in [0, 0.05) is 11.4 Å². The number of hydrogen-bond acceptors (Lipinski definition) is 3. The first kappa shape index (κ1) is 22.1. The summed E-state index contributed by atoms with van der Waals surface area (Å²) in [5.41, 5.74) is 0.672. The molecule has 2 aromatic rings. The van der Waals surface area contributed by atoms with E-state index in [1.807, 2.05) is 19.1 Å². The molecule has 0 bridgehead atoms. The lowest BCUT2D eigenvalue weighted by atomic mass is 10.2. The zero-order chi connectivity index (χ0) is 20.9. The Balaban J connectivity index is 1.89. The highest BCUT2D eigenvalue weighted by Crippen LogP contribution is 2.36. The number of benzene rings is 2. The van der Waals surface area contributed by atoms with Crippen LogP contribution in [0.25, 0.3) is 0 Å². The fraction of sp³-hybridized carbons (Fsp3) is 0.263. The van der Waals surface area contributed by atoms with Crippen LogP contribution >= 0.6 is 23.4 Å². The van der Waals surface area contributed by atoms with E-state index in [2.05, 4.69) is 10.6 Å². The molecule has 0 aliphatic carbocycles. The Bertz CT molecular complexity index is 857. The van der Waals surface area contributed by atoms with Crippen molar-refractivity contribution in [2.45, 2.75) is 25.3 Å². The predicted molar refractivity (Wildman–Crippen MR) is 107 cm³/mol. The van der Waals surface area contributed by atoms with Crippen molar-refractivity contribution in [2.24, 2.45) is 0 Å². The lowest BCUT2D eigenvalue weighted by Crippen LogP contribution is -2.25. The summed E-state index contributed by atoms with van der Waals surface area (Å²) in [6.45, 7) is 3.50. The molecule has 28 heavy (non-hydrogen) atoms. The van der Waals surface area contributed by atoms with Crippen LogP contribution in [0.3, 0.4) is 0 Å². The Morgan fingerprint density at radius 2 is 1.68 bits per heavy atom. The van der Waals surface area contributed by atoms with Gasteiger partial charge in [0.25, 0.3) is 0 Å². The van der Waals surface area contributed by atoms with Gasteiger partial charge in [-0.3, -0.25) is 9.59 Å². The zero-order valence-corrected chi connectivity index (χ0v) is 16.6. The maximum atomic E-state index is 12.9. The van der Waals surface area contributed by atoms with E-state index in [0.717, 1.165) is 29.5 Å². The molecule has 150 valence electrons. The van der Waals surface area contributed by atoms with E-state index in [1.165, 1.54) is 6.07 Å². The Labute approximate surface area is 169 Å². The molecule has 0 aliphatic heterocycles. The summed E-state index contributed by atoms with van der Waals surface area (Å²) in [6, 6.07) is 10.4. The molecule has 0 heterocycles. The number of alkyl halides is 3. The smallest absolute Gasteiger partial charge is 0.325 e. The summed E-state index contributed by atoms with van der Waals surface area (Å²) in [7, 11) is 0. The van der Waals surface area contributed by atoms with E-state index >= 15 is 0 Å². The van der Waals surface area contributed by atoms with Crippen molar-refractivity contribution >= 4 is 46.6 Å². The summed E-state index contributed by atoms with van der Waals surface area (Å²) >= 11 is 6.63. The van der Waals surface area contributed by atoms with Gasteiger partial charge in [0.05, 0.1) is 21.6 Å². The SMILES string of the molecule is Cc1ccc(NC(=O)CSC(C)C(=O)Nc2ccc(Cl)c(C(F)(F)F)c2)cc1. The molecule has 0 fully saturated rings. The van der Waals surface area contributed by atoms with Gasteiger partial charge >= 0.3 is 6.18 Å². The molecular weight excluding hydrogens is 413 g/mol. The van der Waals surface area contributed by atoms with E-state index in [4.69, 9.17) is 11.6 Å². The van der Waals surface area contributed by atoms with Crippen molar-refractivity contribution < 1.29 is 22.8 Å². The average molecular weight is 431 g/mol. The van der Waals surface area contributed by atoms with Crippen LogP contribution in [-0.4, -0.2) is 22.8 Å². The lowest BCUT2D eigenvalue weighted by Gasteiger charge is -2.14. The van der Waals surface area contributed by atoms with Gasteiger partial charge < -0.3 is 10.6 Å². The first-order valence-corrected chi connectivity index (χ1v) is 9.64. The van der Waals surface area contributed by atoms with E-state index in [0.29, 0.717) is 5.69 Å². The molecule has 2 amide bonds. The van der Waals surface area contributed by atoms with Crippen LogP contribution in [0.15, 0.2) is 42.5 Å². The molecule has 0 radical (unpaired) electrons. The fourth-order valence-electron chi connectivity index (χ4n) is 2.17. The summed E-state index contributed by atoms with van der Waals surface area (Å²) in [5, 5.41) is 4.03. The van der Waals surface area contributed by atoms with E-state index in [-0.39, 0.29) is 17.3 Å². The van der Waals surface area contributed by atoms with Gasteiger partial charge in [0.2, 0.25) is 11.8 Å². The number of aryl methyl sites for hydroxylation is 1. The molecule has 0 aliphatic rings. The zero-order valence-electron chi connectivity index (χ0n) is 15.1. The van der Waals surface area contributed by atoms with Gasteiger partial charge in [0.1, 0.15) is 0 Å². The molecule has 2 rings (SSSR count). The number of rotatable bonds is 6. The number of amides is 2. The van der Waals surface area contributed by atoms with Crippen molar-refractivity contribution in [3.8, 4) is 0 Å². The number of nitrogens with one attached hydrogen (secondary N) is 2. The van der Waals surface area contributed by atoms with Crippen LogP contribution in [0.4, 0.5) is 24.5 Å². The van der Waals surface area contributed by atoms with Crippen LogP contribution in [0.2, 0.25) is 5.02 Å². The Hall–Kier alpha value is -2.19. The quantitative estimate of drug-likeness (QED) is 0.648. The van der Waals surface area contributed by atoms with E-state index < -0.39 is 27.9 Å². The van der Waals surface area contributed by atoms with Gasteiger partial charge in [-0.25, -0.2) is 0 Å². The molecule has 2 aromatic carbocycles. The molecule has 1 atom stereocenters. The van der Waals surface area contributed by atoms with Crippen molar-refractivity contribution in [2.75, 3.05) is 16.4 Å². The predicted octanol–water partition coefficient (Wildman–Crippen LogP) is 5.37. The number of halogens is 4. The molecule has 9 heteroatoms. The second-order valence-corrected chi connectivity index (χ2v) is 7.79. The first-order valence-electron chi connectivity index (χ1n) is 8.22. The van der Waals surface area contributed by atoms with Crippen molar-refractivity contribution in [3.05, 3.63) is 58.6 Å². The largest absolute Gasteiger partial charge is 0.417 e. The summed E-state index contributed by atoms with van der Waals surface area (Å²) in [6.07, 6.45) is -4.62. The van der Waals surface area contributed by atoms with Crippen molar-refractivity contribution in [1.29, 1.82) is 0 Å². The minimum atomic E-state index is -4.62. The Morgan fingerprint density at radius 1 is 1.07 bits per heavy atom. The average Bonchev–Trinajstić information content (AvgIpc) is 2.62. The third-order valence-electron chi connectivity index (χ3n) is 3.71. The second kappa shape index (κ2) is 9.34. The topological polar surface area (TPSA) is 58.2 Å². The van der Waals surface area contributed by atoms with Crippen molar-refractivity contribution in [3.63, 3.8) is 0 Å². The van der Waals surface area contributed by atoms with Gasteiger partial charge in [-0.15, -0.1) is 11.8 Å². The minimum Gasteiger partial charge on any atom is -0.325 e. The van der Waals surface area contributed by atoms with Gasteiger partial charge in [0.15, 0.2) is 0 Å². The summed E-state index contributed by atoms with van der Waals surface area (Å²) < 4.78 is 38.7. The molecule has 0 spiro atoms. The lowest BCUT2D eigenvalue weighted by molar-refractivity contribution is -0.137. The third-order valence-corrected chi connectivity index (χ3v) is 5.18. The number of carbonyl (C=O) groups is 2. The Morgan fingerprint density at radius 3 is 2.29 bits per heavy atom. The maximum absolute atomic E-state index is 12.9. The highest BCUT2D eigenvalue weighted by atomic mass is 35.5. The summed E-state index contributed by atoms with van der Waals surface area (Å²) in [4.78, 5) is 24.2. The van der Waals surface area contributed by atoms with Crippen LogP contribution in [0.1, 0.15) is 18.1 Å². The van der Waals surface area contributed by atoms with Crippen LogP contribution in [0, 0.1) is 6.92 Å². The third kappa shape index (κ3) is 6.45. The molecule has 0 aromatic heterocycles. The van der Waals surface area contributed by atoms with E-state index in [9.17, 15) is 22.8 Å². The second-order valence-electron chi connectivity index (χ2n) is 6.05. The highest BCUT2D eigenvalue weighted by molar-refractivity contribution is 8.01. The molecule has 2 N–H and O–H groups in total. The fourth-order valence-corrected chi connectivity index (χ4v) is 3.08. The van der Waals surface area contributed by atoms with Crippen LogP contribution in [0.5, 0.6) is 0 Å². The number of thioether (sulfide) groups is 1. The summed E-state index contributed by atoms with van der Waals surface area (Å²) in [5.74, 6) is -0.764. The standard InChI is InChI=1S/C19H18ClF3N2O2S/c1-11-3-5-13(6-4-11)24-17(26)10-28-12(2)18(27)25-14-7-8-16(20)15(9-14)19(21,22)23/h3-9,12H,10H2,1-2H3,(H,24,26)(H,25,27). The first-order chi connectivity index (χ1) is 13.1. The van der Waals surface area contributed by atoms with Gasteiger partial charge in [-0.2, -0.15) is 13.2 Å². The van der Waals surface area contributed by atoms with E-state index in [1.54, 1.807) is 19.1 Å². The molecule has 4 nitrogen and oxygen atoms in total. The minimum absolute atomic E-state index is 0.0155.